The van der Waals surface area contributed by atoms with Crippen LogP contribution in [0.2, 0.25) is 0 Å². The topological polar surface area (TPSA) is 84.2 Å². The van der Waals surface area contributed by atoms with E-state index in [1.807, 2.05) is 0 Å². The molecule has 1 aliphatic carbocycles. The first-order valence-corrected chi connectivity index (χ1v) is 6.51. The van der Waals surface area contributed by atoms with Crippen LogP contribution in [0.15, 0.2) is 24.3 Å². The summed E-state index contributed by atoms with van der Waals surface area (Å²) in [5.41, 5.74) is 6.76. The summed E-state index contributed by atoms with van der Waals surface area (Å²) in [5, 5.41) is 5.55. The van der Waals surface area contributed by atoms with Gasteiger partial charge in [0.05, 0.1) is 6.04 Å². The second-order valence-corrected chi connectivity index (χ2v) is 4.83. The molecule has 0 aromatic heterocycles. The molecular formula is C15H17N3O2. The molecule has 1 saturated carbocycles. The highest BCUT2D eigenvalue weighted by Gasteiger charge is 2.23. The third kappa shape index (κ3) is 3.84. The second-order valence-electron chi connectivity index (χ2n) is 4.83. The first-order chi connectivity index (χ1) is 9.60. The lowest BCUT2D eigenvalue weighted by Gasteiger charge is -2.10. The number of nitrogens with one attached hydrogen (secondary N) is 2. The molecule has 1 fully saturated rings. The maximum absolute atomic E-state index is 11.8. The molecule has 0 saturated heterocycles. The molecule has 1 atom stereocenters. The van der Waals surface area contributed by atoms with Crippen LogP contribution >= 0.6 is 0 Å². The number of hydrogen-bond acceptors (Lipinski definition) is 3. The average molecular weight is 271 g/mol. The molecule has 0 bridgehead atoms. The summed E-state index contributed by atoms with van der Waals surface area (Å²) in [7, 11) is 0. The predicted octanol–water partition coefficient (Wildman–Crippen LogP) is 0.868. The summed E-state index contributed by atoms with van der Waals surface area (Å²) in [5.74, 6) is 1.92. The minimum Gasteiger partial charge on any atom is -0.349 e. The zero-order valence-corrected chi connectivity index (χ0v) is 11.1. The Bertz CT molecular complexity index is 541. The van der Waals surface area contributed by atoms with Gasteiger partial charge in [0, 0.05) is 23.7 Å². The van der Waals surface area contributed by atoms with Crippen molar-refractivity contribution in [1.29, 1.82) is 0 Å². The van der Waals surface area contributed by atoms with E-state index in [2.05, 4.69) is 16.6 Å². The number of benzene rings is 1. The number of carbonyl (C=O) groups is 2. The van der Waals surface area contributed by atoms with Gasteiger partial charge in [0.15, 0.2) is 0 Å². The summed E-state index contributed by atoms with van der Waals surface area (Å²) in [4.78, 5) is 23.4. The highest BCUT2D eigenvalue weighted by molar-refractivity contribution is 5.97. The Hall–Kier alpha value is -2.32. The zero-order chi connectivity index (χ0) is 14.5. The Morgan fingerprint density at radius 1 is 1.35 bits per heavy atom. The van der Waals surface area contributed by atoms with Gasteiger partial charge in [-0.05, 0) is 37.1 Å². The van der Waals surface area contributed by atoms with Crippen LogP contribution in [-0.4, -0.2) is 23.9 Å². The fourth-order valence-electron chi connectivity index (χ4n) is 1.66. The minimum atomic E-state index is -0.724. The Labute approximate surface area is 117 Å². The van der Waals surface area contributed by atoms with E-state index in [4.69, 9.17) is 12.2 Å². The van der Waals surface area contributed by atoms with Gasteiger partial charge in [-0.15, -0.1) is 12.3 Å². The number of rotatable bonds is 5. The lowest BCUT2D eigenvalue weighted by molar-refractivity contribution is -0.117. The van der Waals surface area contributed by atoms with E-state index in [1.54, 1.807) is 24.3 Å². The van der Waals surface area contributed by atoms with E-state index in [1.165, 1.54) is 0 Å². The van der Waals surface area contributed by atoms with E-state index in [0.29, 0.717) is 17.3 Å². The van der Waals surface area contributed by atoms with Gasteiger partial charge in [-0.2, -0.15) is 0 Å². The van der Waals surface area contributed by atoms with Crippen molar-refractivity contribution in [3.63, 3.8) is 0 Å². The molecule has 2 amide bonds. The standard InChI is InChI=1S/C15H17N3O2/c1-2-3-13(16)15(20)18-11-6-4-10(5-7-11)14(19)17-12-8-9-12/h1,4-7,12-13H,3,8-9,16H2,(H,17,19)(H,18,20). The summed E-state index contributed by atoms with van der Waals surface area (Å²) in [6, 6.07) is 6.27. The van der Waals surface area contributed by atoms with Crippen LogP contribution in [0.1, 0.15) is 29.6 Å². The normalized spacial score (nSPS) is 15.0. The van der Waals surface area contributed by atoms with Crippen molar-refractivity contribution >= 4 is 17.5 Å². The summed E-state index contributed by atoms with van der Waals surface area (Å²) in [6.07, 6.45) is 7.39. The van der Waals surface area contributed by atoms with Gasteiger partial charge in [-0.3, -0.25) is 9.59 Å². The fraction of sp³-hybridized carbons (Fsp3) is 0.333. The molecule has 0 heterocycles. The highest BCUT2D eigenvalue weighted by Crippen LogP contribution is 2.19. The highest BCUT2D eigenvalue weighted by atomic mass is 16.2. The van der Waals surface area contributed by atoms with Crippen molar-refractivity contribution in [3.05, 3.63) is 29.8 Å². The zero-order valence-electron chi connectivity index (χ0n) is 11.1. The molecule has 2 rings (SSSR count). The fourth-order valence-corrected chi connectivity index (χ4v) is 1.66. The lowest BCUT2D eigenvalue weighted by atomic mass is 10.1. The molecule has 1 unspecified atom stereocenters. The Morgan fingerprint density at radius 3 is 2.55 bits per heavy atom. The maximum atomic E-state index is 11.8. The molecule has 0 radical (unpaired) electrons. The first-order valence-electron chi connectivity index (χ1n) is 6.51. The Morgan fingerprint density at radius 2 is 2.00 bits per heavy atom. The van der Waals surface area contributed by atoms with Crippen LogP contribution in [0.5, 0.6) is 0 Å². The molecule has 20 heavy (non-hydrogen) atoms. The minimum absolute atomic E-state index is 0.0885. The van der Waals surface area contributed by atoms with Crippen molar-refractivity contribution in [2.24, 2.45) is 5.73 Å². The third-order valence-electron chi connectivity index (χ3n) is 3.00. The Kier molecular flexibility index (Phi) is 4.38. The molecular weight excluding hydrogens is 254 g/mol. The van der Waals surface area contributed by atoms with Crippen molar-refractivity contribution < 1.29 is 9.59 Å². The van der Waals surface area contributed by atoms with Gasteiger partial charge in [-0.1, -0.05) is 0 Å². The molecule has 5 nitrogen and oxygen atoms in total. The van der Waals surface area contributed by atoms with Crippen LogP contribution in [0, 0.1) is 12.3 Å². The maximum Gasteiger partial charge on any atom is 0.251 e. The first kappa shape index (κ1) is 14.1. The third-order valence-corrected chi connectivity index (χ3v) is 3.00. The van der Waals surface area contributed by atoms with Crippen molar-refractivity contribution in [2.45, 2.75) is 31.3 Å². The van der Waals surface area contributed by atoms with Crippen molar-refractivity contribution in [2.75, 3.05) is 5.32 Å². The van der Waals surface area contributed by atoms with Gasteiger partial charge in [0.1, 0.15) is 0 Å². The predicted molar refractivity (Wildman–Crippen MR) is 77.0 cm³/mol. The van der Waals surface area contributed by atoms with E-state index < -0.39 is 6.04 Å². The molecule has 0 spiro atoms. The van der Waals surface area contributed by atoms with E-state index in [-0.39, 0.29) is 18.2 Å². The molecule has 0 aliphatic heterocycles. The molecule has 104 valence electrons. The van der Waals surface area contributed by atoms with Crippen LogP contribution in [0.25, 0.3) is 0 Å². The second kappa shape index (κ2) is 6.22. The summed E-state index contributed by atoms with van der Waals surface area (Å²) in [6.45, 7) is 0. The van der Waals surface area contributed by atoms with Crippen molar-refractivity contribution in [3.8, 4) is 12.3 Å². The molecule has 1 aromatic carbocycles. The van der Waals surface area contributed by atoms with Gasteiger partial charge in [-0.25, -0.2) is 0 Å². The van der Waals surface area contributed by atoms with Gasteiger partial charge in [0.25, 0.3) is 5.91 Å². The van der Waals surface area contributed by atoms with E-state index in [0.717, 1.165) is 12.8 Å². The van der Waals surface area contributed by atoms with E-state index >= 15 is 0 Å². The Balaban J connectivity index is 1.92. The summed E-state index contributed by atoms with van der Waals surface area (Å²) < 4.78 is 0. The van der Waals surface area contributed by atoms with Crippen molar-refractivity contribution in [1.82, 2.24) is 5.32 Å². The number of anilines is 1. The average Bonchev–Trinajstić information content (AvgIpc) is 3.23. The molecule has 1 aromatic rings. The number of carbonyl (C=O) groups excluding carboxylic acids is 2. The van der Waals surface area contributed by atoms with Crippen LogP contribution < -0.4 is 16.4 Å². The summed E-state index contributed by atoms with van der Waals surface area (Å²) >= 11 is 0. The SMILES string of the molecule is C#CCC(N)C(=O)Nc1ccc(C(=O)NC2CC2)cc1. The lowest BCUT2D eigenvalue weighted by Crippen LogP contribution is -2.35. The molecule has 5 heteroatoms. The number of hydrogen-bond donors (Lipinski definition) is 3. The van der Waals surface area contributed by atoms with Crippen LogP contribution in [0.4, 0.5) is 5.69 Å². The van der Waals surface area contributed by atoms with E-state index in [9.17, 15) is 9.59 Å². The van der Waals surface area contributed by atoms with Gasteiger partial charge < -0.3 is 16.4 Å². The van der Waals surface area contributed by atoms with Crippen LogP contribution in [0.3, 0.4) is 0 Å². The number of nitrogens with two attached hydrogens (primary N) is 1. The largest absolute Gasteiger partial charge is 0.349 e. The van der Waals surface area contributed by atoms with Gasteiger partial charge >= 0.3 is 0 Å². The quantitative estimate of drug-likeness (QED) is 0.695. The monoisotopic (exact) mass is 271 g/mol. The smallest absolute Gasteiger partial charge is 0.251 e. The number of terminal acetylenes is 1. The molecule has 1 aliphatic rings. The number of amides is 2. The molecule has 4 N–H and O–H groups in total. The van der Waals surface area contributed by atoms with Crippen LogP contribution in [-0.2, 0) is 4.79 Å². The van der Waals surface area contributed by atoms with Gasteiger partial charge in [0.2, 0.25) is 5.91 Å².